The summed E-state index contributed by atoms with van der Waals surface area (Å²) in [7, 11) is 0. The molecule has 0 amide bonds. The normalized spacial score (nSPS) is 17.8. The van der Waals surface area contributed by atoms with Gasteiger partial charge in [-0.25, -0.2) is 0 Å². The van der Waals surface area contributed by atoms with E-state index in [1.807, 2.05) is 12.1 Å². The summed E-state index contributed by atoms with van der Waals surface area (Å²) in [4.78, 5) is 11.2. The zero-order chi connectivity index (χ0) is 20.1. The highest BCUT2D eigenvalue weighted by Crippen LogP contribution is 2.39. The molecular weight excluding hydrogens is 344 g/mol. The van der Waals surface area contributed by atoms with Crippen LogP contribution in [0.2, 0.25) is 0 Å². The minimum absolute atomic E-state index is 0.0843. The second-order valence-electron chi connectivity index (χ2n) is 8.65. The van der Waals surface area contributed by atoms with Crippen molar-refractivity contribution in [3.05, 3.63) is 83.4 Å². The quantitative estimate of drug-likeness (QED) is 0.428. The predicted molar refractivity (Wildman–Crippen MR) is 116 cm³/mol. The number of carbonyl (C=O) groups is 1. The summed E-state index contributed by atoms with van der Waals surface area (Å²) in [5, 5.41) is 0. The molecule has 2 aromatic carbocycles. The van der Waals surface area contributed by atoms with Crippen LogP contribution in [0, 0.1) is 5.41 Å². The number of hydrogen-bond acceptors (Lipinski definition) is 2. The van der Waals surface area contributed by atoms with Crippen molar-refractivity contribution >= 4 is 11.5 Å². The molecule has 0 fully saturated rings. The number of benzene rings is 2. The number of hydrogen-bond donors (Lipinski definition) is 0. The van der Waals surface area contributed by atoms with Crippen LogP contribution in [-0.4, -0.2) is 5.97 Å². The lowest BCUT2D eigenvalue weighted by atomic mass is 9.79. The zero-order valence-electron chi connectivity index (χ0n) is 17.4. The smallest absolute Gasteiger partial charge is 0.308 e. The van der Waals surface area contributed by atoms with E-state index in [1.54, 1.807) is 0 Å². The Labute approximate surface area is 168 Å². The maximum absolute atomic E-state index is 11.2. The van der Waals surface area contributed by atoms with Crippen molar-refractivity contribution in [1.82, 2.24) is 0 Å². The van der Waals surface area contributed by atoms with Crippen molar-refractivity contribution in [2.45, 2.75) is 52.9 Å². The van der Waals surface area contributed by atoms with Crippen LogP contribution < -0.4 is 4.74 Å². The van der Waals surface area contributed by atoms with Crippen LogP contribution in [0.3, 0.4) is 0 Å². The lowest BCUT2D eigenvalue weighted by molar-refractivity contribution is -0.131. The Morgan fingerprint density at radius 2 is 1.71 bits per heavy atom. The summed E-state index contributed by atoms with van der Waals surface area (Å²) in [6, 6.07) is 18.7. The van der Waals surface area contributed by atoms with Gasteiger partial charge in [0.05, 0.1) is 0 Å². The molecule has 0 heterocycles. The van der Waals surface area contributed by atoms with Gasteiger partial charge in [-0.05, 0) is 65.0 Å². The van der Waals surface area contributed by atoms with E-state index in [0.717, 1.165) is 12.8 Å². The largest absolute Gasteiger partial charge is 0.427 e. The number of allylic oxidation sites excluding steroid dienone is 4. The van der Waals surface area contributed by atoms with Crippen molar-refractivity contribution in [3.8, 4) is 5.75 Å². The standard InChI is InChI=1S/C26H30O2/c1-19(27)28-24-16-14-23(15-17-24)25(18-26(2,3)4)22-12-10-21(11-13-22)20-8-6-5-7-9-20/h5-9,12,14-18,21H,10-11,13H2,1-4H3/b25-18+. The summed E-state index contributed by atoms with van der Waals surface area (Å²) in [5.41, 5.74) is 5.41. The van der Waals surface area contributed by atoms with Gasteiger partial charge in [0.1, 0.15) is 5.75 Å². The molecule has 146 valence electrons. The third kappa shape index (κ3) is 5.45. The molecule has 1 aliphatic carbocycles. The topological polar surface area (TPSA) is 26.3 Å². The van der Waals surface area contributed by atoms with Crippen molar-refractivity contribution in [2.75, 3.05) is 0 Å². The van der Waals surface area contributed by atoms with E-state index in [2.05, 4.69) is 75.4 Å². The second kappa shape index (κ2) is 8.60. The van der Waals surface area contributed by atoms with Crippen LogP contribution in [-0.2, 0) is 4.79 Å². The monoisotopic (exact) mass is 374 g/mol. The highest BCUT2D eigenvalue weighted by atomic mass is 16.5. The highest BCUT2D eigenvalue weighted by Gasteiger charge is 2.20. The number of esters is 1. The molecule has 2 nitrogen and oxygen atoms in total. The number of rotatable bonds is 4. The van der Waals surface area contributed by atoms with Gasteiger partial charge in [-0.15, -0.1) is 0 Å². The Bertz CT molecular complexity index is 865. The molecule has 0 radical (unpaired) electrons. The van der Waals surface area contributed by atoms with Gasteiger partial charge in [0, 0.05) is 6.92 Å². The van der Waals surface area contributed by atoms with Gasteiger partial charge < -0.3 is 4.74 Å². The van der Waals surface area contributed by atoms with E-state index in [4.69, 9.17) is 4.74 Å². The summed E-state index contributed by atoms with van der Waals surface area (Å²) < 4.78 is 5.19. The van der Waals surface area contributed by atoms with Crippen LogP contribution in [0.4, 0.5) is 0 Å². The van der Waals surface area contributed by atoms with Gasteiger partial charge in [-0.2, -0.15) is 0 Å². The lowest BCUT2D eigenvalue weighted by Gasteiger charge is -2.26. The van der Waals surface area contributed by atoms with Crippen molar-refractivity contribution in [1.29, 1.82) is 0 Å². The number of ether oxygens (including phenoxy) is 1. The maximum Gasteiger partial charge on any atom is 0.308 e. The molecule has 1 aliphatic rings. The van der Waals surface area contributed by atoms with E-state index in [9.17, 15) is 4.79 Å². The molecular formula is C26H30O2. The van der Waals surface area contributed by atoms with E-state index < -0.39 is 0 Å². The third-order valence-corrected chi connectivity index (χ3v) is 5.03. The Balaban J connectivity index is 1.86. The first-order chi connectivity index (χ1) is 13.3. The van der Waals surface area contributed by atoms with Crippen LogP contribution in [0.15, 0.2) is 72.3 Å². The molecule has 0 spiro atoms. The average molecular weight is 375 g/mol. The van der Waals surface area contributed by atoms with Gasteiger partial charge in [0.15, 0.2) is 0 Å². The molecule has 0 saturated carbocycles. The maximum atomic E-state index is 11.2. The summed E-state index contributed by atoms with van der Waals surface area (Å²) in [6.45, 7) is 8.12. The van der Waals surface area contributed by atoms with E-state index in [-0.39, 0.29) is 11.4 Å². The first kappa shape index (κ1) is 20.1. The van der Waals surface area contributed by atoms with E-state index in [1.165, 1.54) is 35.6 Å². The minimum Gasteiger partial charge on any atom is -0.427 e. The Morgan fingerprint density at radius 3 is 2.25 bits per heavy atom. The SMILES string of the molecule is CC(=O)Oc1ccc(/C(=C/C(C)(C)C)C2=CCC(c3ccccc3)CC2)cc1. The predicted octanol–water partition coefficient (Wildman–Crippen LogP) is 6.94. The number of carbonyl (C=O) groups excluding carboxylic acids is 1. The average Bonchev–Trinajstić information content (AvgIpc) is 2.67. The summed E-state index contributed by atoms with van der Waals surface area (Å²) in [5.74, 6) is 0.903. The molecule has 0 aliphatic heterocycles. The molecule has 2 aromatic rings. The highest BCUT2D eigenvalue weighted by molar-refractivity contribution is 5.80. The fraction of sp³-hybridized carbons (Fsp3) is 0.346. The Morgan fingerprint density at radius 1 is 1.04 bits per heavy atom. The molecule has 0 bridgehead atoms. The van der Waals surface area contributed by atoms with Crippen LogP contribution in [0.5, 0.6) is 5.75 Å². The Kier molecular flexibility index (Phi) is 6.18. The first-order valence-electron chi connectivity index (χ1n) is 10.1. The molecule has 1 unspecified atom stereocenters. The van der Waals surface area contributed by atoms with Gasteiger partial charge in [0.25, 0.3) is 0 Å². The zero-order valence-corrected chi connectivity index (χ0v) is 17.4. The van der Waals surface area contributed by atoms with Gasteiger partial charge in [0.2, 0.25) is 0 Å². The van der Waals surface area contributed by atoms with Crippen LogP contribution >= 0.6 is 0 Å². The van der Waals surface area contributed by atoms with Gasteiger partial charge >= 0.3 is 5.97 Å². The third-order valence-electron chi connectivity index (χ3n) is 5.03. The van der Waals surface area contributed by atoms with Crippen molar-refractivity contribution in [3.63, 3.8) is 0 Å². The van der Waals surface area contributed by atoms with Crippen molar-refractivity contribution < 1.29 is 9.53 Å². The van der Waals surface area contributed by atoms with Crippen LogP contribution in [0.1, 0.15) is 64.0 Å². The van der Waals surface area contributed by atoms with Crippen molar-refractivity contribution in [2.24, 2.45) is 5.41 Å². The lowest BCUT2D eigenvalue weighted by Crippen LogP contribution is -2.08. The molecule has 0 aromatic heterocycles. The van der Waals surface area contributed by atoms with E-state index >= 15 is 0 Å². The summed E-state index contributed by atoms with van der Waals surface area (Å²) in [6.07, 6.45) is 8.10. The Hall–Kier alpha value is -2.61. The molecule has 2 heteroatoms. The fourth-order valence-electron chi connectivity index (χ4n) is 3.77. The molecule has 0 saturated heterocycles. The molecule has 1 atom stereocenters. The van der Waals surface area contributed by atoms with Crippen LogP contribution in [0.25, 0.3) is 5.57 Å². The van der Waals surface area contributed by atoms with E-state index in [0.29, 0.717) is 11.7 Å². The molecule has 28 heavy (non-hydrogen) atoms. The molecule has 3 rings (SSSR count). The second-order valence-corrected chi connectivity index (χ2v) is 8.65. The van der Waals surface area contributed by atoms with Gasteiger partial charge in [-0.1, -0.05) is 75.4 Å². The molecule has 0 N–H and O–H groups in total. The summed E-state index contributed by atoms with van der Waals surface area (Å²) >= 11 is 0. The van der Waals surface area contributed by atoms with Gasteiger partial charge in [-0.3, -0.25) is 4.79 Å². The minimum atomic E-state index is -0.292. The fourth-order valence-corrected chi connectivity index (χ4v) is 3.77. The first-order valence-corrected chi connectivity index (χ1v) is 10.1.